The first-order valence-electron chi connectivity index (χ1n) is 8.22. The van der Waals surface area contributed by atoms with Gasteiger partial charge in [0.05, 0.1) is 13.2 Å². The second-order valence-corrected chi connectivity index (χ2v) is 5.98. The average Bonchev–Trinajstić information content (AvgIpc) is 3.09. The highest BCUT2D eigenvalue weighted by atomic mass is 16.6. The van der Waals surface area contributed by atoms with Gasteiger partial charge in [0.15, 0.2) is 0 Å². The van der Waals surface area contributed by atoms with Crippen molar-refractivity contribution in [1.82, 2.24) is 5.06 Å². The highest BCUT2D eigenvalue weighted by Crippen LogP contribution is 2.29. The highest BCUT2D eigenvalue weighted by molar-refractivity contribution is 5.66. The van der Waals surface area contributed by atoms with Gasteiger partial charge in [-0.3, -0.25) is 5.21 Å². The summed E-state index contributed by atoms with van der Waals surface area (Å²) in [7, 11) is 1.26. The number of hydrogen-bond acceptors (Lipinski definition) is 4. The van der Waals surface area contributed by atoms with E-state index in [9.17, 15) is 10.0 Å². The fourth-order valence-electron chi connectivity index (χ4n) is 3.04. The third-order valence-electron chi connectivity index (χ3n) is 4.28. The van der Waals surface area contributed by atoms with Crippen LogP contribution in [0.2, 0.25) is 0 Å². The Bertz CT molecular complexity index is 744. The summed E-state index contributed by atoms with van der Waals surface area (Å²) in [5.74, 6) is 1.57. The van der Waals surface area contributed by atoms with Crippen molar-refractivity contribution in [2.45, 2.75) is 18.9 Å². The molecular weight excluding hydrogens is 318 g/mol. The van der Waals surface area contributed by atoms with Gasteiger partial charge in [-0.15, -0.1) is 0 Å². The Hall–Kier alpha value is -2.79. The van der Waals surface area contributed by atoms with Crippen LogP contribution in [0.4, 0.5) is 4.79 Å². The lowest BCUT2D eigenvalue weighted by molar-refractivity contribution is -0.107. The molecule has 1 aliphatic carbocycles. The quantitative estimate of drug-likeness (QED) is 0.497. The second-order valence-electron chi connectivity index (χ2n) is 5.98. The summed E-state index contributed by atoms with van der Waals surface area (Å²) in [5.41, 5.74) is 1.08. The Labute approximate surface area is 147 Å². The summed E-state index contributed by atoms with van der Waals surface area (Å²) in [6, 6.07) is 17.1. The number of hydroxylamine groups is 2. The number of carbonyl (C=O) groups excluding carboxylic acids is 1. The zero-order valence-corrected chi connectivity index (χ0v) is 14.0. The Kier molecular flexibility index (Phi) is 5.36. The molecule has 0 saturated heterocycles. The SMILES string of the molecule is COC(=O)N(O)[C@H]1CC=C[C@@H]1Cc1cccc(Oc2ccccc2)c1. The van der Waals surface area contributed by atoms with E-state index < -0.39 is 6.09 Å². The molecule has 25 heavy (non-hydrogen) atoms. The summed E-state index contributed by atoms with van der Waals surface area (Å²) < 4.78 is 10.5. The number of benzene rings is 2. The van der Waals surface area contributed by atoms with E-state index in [2.05, 4.69) is 4.74 Å². The summed E-state index contributed by atoms with van der Waals surface area (Å²) >= 11 is 0. The number of hydrogen-bond donors (Lipinski definition) is 1. The van der Waals surface area contributed by atoms with E-state index in [4.69, 9.17) is 4.74 Å². The van der Waals surface area contributed by atoms with Gasteiger partial charge in [-0.25, -0.2) is 4.79 Å². The van der Waals surface area contributed by atoms with Crippen molar-refractivity contribution >= 4 is 6.09 Å². The molecule has 5 heteroatoms. The lowest BCUT2D eigenvalue weighted by Gasteiger charge is -2.26. The van der Waals surface area contributed by atoms with Crippen molar-refractivity contribution < 1.29 is 19.5 Å². The van der Waals surface area contributed by atoms with Crippen LogP contribution >= 0.6 is 0 Å². The number of carbonyl (C=O) groups is 1. The standard InChI is InChI=1S/C20H21NO4/c1-24-20(22)21(23)19-12-6-8-16(19)13-15-7-5-11-18(14-15)25-17-9-3-2-4-10-17/h2-11,14,16,19,23H,12-13H2,1H3/t16-,19+/m1/s1. The largest absolute Gasteiger partial charge is 0.457 e. The van der Waals surface area contributed by atoms with Gasteiger partial charge in [0, 0.05) is 5.92 Å². The molecule has 5 nitrogen and oxygen atoms in total. The highest BCUT2D eigenvalue weighted by Gasteiger charge is 2.31. The van der Waals surface area contributed by atoms with Gasteiger partial charge in [0.2, 0.25) is 0 Å². The van der Waals surface area contributed by atoms with Crippen LogP contribution in [0.1, 0.15) is 12.0 Å². The topological polar surface area (TPSA) is 59.0 Å². The number of amides is 1. The maximum atomic E-state index is 11.6. The molecule has 0 saturated carbocycles. The van der Waals surface area contributed by atoms with E-state index in [0.29, 0.717) is 17.9 Å². The minimum atomic E-state index is -0.736. The van der Waals surface area contributed by atoms with Gasteiger partial charge in [-0.2, -0.15) is 5.06 Å². The first-order valence-corrected chi connectivity index (χ1v) is 8.22. The van der Waals surface area contributed by atoms with Crippen LogP contribution in [-0.2, 0) is 11.2 Å². The van der Waals surface area contributed by atoms with Crippen LogP contribution in [0.25, 0.3) is 0 Å². The van der Waals surface area contributed by atoms with Crippen LogP contribution < -0.4 is 4.74 Å². The van der Waals surface area contributed by atoms with Crippen molar-refractivity contribution in [3.05, 3.63) is 72.3 Å². The van der Waals surface area contributed by atoms with Crippen molar-refractivity contribution in [3.63, 3.8) is 0 Å². The fourth-order valence-corrected chi connectivity index (χ4v) is 3.04. The lowest BCUT2D eigenvalue weighted by atomic mass is 9.94. The first kappa shape index (κ1) is 17.0. The van der Waals surface area contributed by atoms with E-state index in [0.717, 1.165) is 17.1 Å². The molecule has 1 N–H and O–H groups in total. The molecule has 0 unspecified atom stereocenters. The molecule has 2 aromatic rings. The van der Waals surface area contributed by atoms with E-state index in [1.54, 1.807) is 0 Å². The summed E-state index contributed by atoms with van der Waals surface area (Å²) in [6.45, 7) is 0. The van der Waals surface area contributed by atoms with Crippen molar-refractivity contribution in [2.75, 3.05) is 7.11 Å². The molecular formula is C20H21NO4. The predicted molar refractivity (Wildman–Crippen MR) is 93.7 cm³/mol. The normalized spacial score (nSPS) is 18.8. The minimum Gasteiger partial charge on any atom is -0.457 e. The second kappa shape index (κ2) is 7.85. The Morgan fingerprint density at radius 1 is 1.16 bits per heavy atom. The maximum Gasteiger partial charge on any atom is 0.433 e. The molecule has 0 aromatic heterocycles. The number of para-hydroxylation sites is 1. The molecule has 0 fully saturated rings. The molecule has 1 aliphatic rings. The summed E-state index contributed by atoms with van der Waals surface area (Å²) in [5, 5.41) is 10.7. The van der Waals surface area contributed by atoms with Gasteiger partial charge in [0.25, 0.3) is 0 Å². The molecule has 130 valence electrons. The summed E-state index contributed by atoms with van der Waals surface area (Å²) in [4.78, 5) is 11.6. The monoisotopic (exact) mass is 339 g/mol. The Morgan fingerprint density at radius 2 is 1.92 bits per heavy atom. The van der Waals surface area contributed by atoms with Crippen LogP contribution in [-0.4, -0.2) is 29.5 Å². The Balaban J connectivity index is 1.69. The van der Waals surface area contributed by atoms with Gasteiger partial charge in [0.1, 0.15) is 11.5 Å². The van der Waals surface area contributed by atoms with E-state index in [1.807, 2.05) is 66.7 Å². The van der Waals surface area contributed by atoms with Gasteiger partial charge in [-0.05, 0) is 42.7 Å². The number of rotatable bonds is 5. The molecule has 0 spiro atoms. The number of nitrogens with zero attached hydrogens (tertiary/aromatic N) is 1. The van der Waals surface area contributed by atoms with Gasteiger partial charge >= 0.3 is 6.09 Å². The lowest BCUT2D eigenvalue weighted by Crippen LogP contribution is -2.40. The van der Waals surface area contributed by atoms with Crippen molar-refractivity contribution in [2.24, 2.45) is 5.92 Å². The van der Waals surface area contributed by atoms with E-state index in [1.165, 1.54) is 7.11 Å². The third-order valence-corrected chi connectivity index (χ3v) is 4.28. The van der Waals surface area contributed by atoms with Crippen molar-refractivity contribution in [1.29, 1.82) is 0 Å². The third kappa shape index (κ3) is 4.19. The van der Waals surface area contributed by atoms with E-state index >= 15 is 0 Å². The number of methoxy groups -OCH3 is 1. The number of ether oxygens (including phenoxy) is 2. The van der Waals surface area contributed by atoms with Crippen LogP contribution in [0.5, 0.6) is 11.5 Å². The first-order chi connectivity index (χ1) is 12.2. The van der Waals surface area contributed by atoms with E-state index in [-0.39, 0.29) is 12.0 Å². The molecule has 0 aliphatic heterocycles. The zero-order valence-electron chi connectivity index (χ0n) is 14.0. The molecule has 2 atom stereocenters. The van der Waals surface area contributed by atoms with Crippen LogP contribution in [0.15, 0.2) is 66.7 Å². The summed E-state index contributed by atoms with van der Waals surface area (Å²) in [6.07, 6.45) is 4.57. The Morgan fingerprint density at radius 3 is 2.68 bits per heavy atom. The fraction of sp³-hybridized carbons (Fsp3) is 0.250. The smallest absolute Gasteiger partial charge is 0.433 e. The predicted octanol–water partition coefficient (Wildman–Crippen LogP) is 4.42. The molecule has 0 radical (unpaired) electrons. The molecule has 0 heterocycles. The maximum absolute atomic E-state index is 11.6. The van der Waals surface area contributed by atoms with Crippen molar-refractivity contribution in [3.8, 4) is 11.5 Å². The van der Waals surface area contributed by atoms with Crippen LogP contribution in [0.3, 0.4) is 0 Å². The van der Waals surface area contributed by atoms with Crippen LogP contribution in [0, 0.1) is 5.92 Å². The van der Waals surface area contributed by atoms with Gasteiger partial charge < -0.3 is 9.47 Å². The molecule has 2 aromatic carbocycles. The average molecular weight is 339 g/mol. The minimum absolute atomic E-state index is 0.0241. The molecule has 3 rings (SSSR count). The molecule has 1 amide bonds. The zero-order chi connectivity index (χ0) is 17.6. The molecule has 0 bridgehead atoms. The van der Waals surface area contributed by atoms with Gasteiger partial charge in [-0.1, -0.05) is 42.5 Å².